The minimum absolute atomic E-state index is 0.142. The average molecular weight is 392 g/mol. The number of imide groups is 2. The SMILES string of the molecule is Cc1ccc(NC(=O)CN2C(=O)C(=O)N([C@@H]3CCCC[C@H]3C)C2=O)cc1Cl. The van der Waals surface area contributed by atoms with Crippen LogP contribution in [0, 0.1) is 12.8 Å². The minimum Gasteiger partial charge on any atom is -0.324 e. The normalized spacial score (nSPS) is 23.1. The number of carbonyl (C=O) groups is 4. The van der Waals surface area contributed by atoms with Crippen molar-refractivity contribution in [1.82, 2.24) is 9.80 Å². The van der Waals surface area contributed by atoms with E-state index in [0.717, 1.165) is 34.6 Å². The first-order chi connectivity index (χ1) is 12.8. The van der Waals surface area contributed by atoms with Crippen molar-refractivity contribution in [3.05, 3.63) is 28.8 Å². The maximum absolute atomic E-state index is 12.7. The number of benzene rings is 1. The maximum Gasteiger partial charge on any atom is 0.334 e. The van der Waals surface area contributed by atoms with Gasteiger partial charge >= 0.3 is 17.8 Å². The van der Waals surface area contributed by atoms with Gasteiger partial charge in [-0.1, -0.05) is 37.4 Å². The lowest BCUT2D eigenvalue weighted by molar-refractivity contribution is -0.145. The topological polar surface area (TPSA) is 86.8 Å². The Kier molecular flexibility index (Phi) is 5.51. The van der Waals surface area contributed by atoms with E-state index in [9.17, 15) is 19.2 Å². The van der Waals surface area contributed by atoms with Crippen LogP contribution in [-0.4, -0.2) is 46.1 Å². The predicted octanol–water partition coefficient (Wildman–Crippen LogP) is 2.96. The molecule has 0 radical (unpaired) electrons. The van der Waals surface area contributed by atoms with Gasteiger partial charge in [0.05, 0.1) is 0 Å². The molecule has 27 heavy (non-hydrogen) atoms. The quantitative estimate of drug-likeness (QED) is 0.631. The van der Waals surface area contributed by atoms with Crippen LogP contribution in [0.1, 0.15) is 38.2 Å². The fraction of sp³-hybridized carbons (Fsp3) is 0.474. The molecular formula is C19H22ClN3O4. The van der Waals surface area contributed by atoms with Crippen LogP contribution in [0.25, 0.3) is 0 Å². The Morgan fingerprint density at radius 1 is 1.19 bits per heavy atom. The third kappa shape index (κ3) is 3.83. The molecule has 0 spiro atoms. The van der Waals surface area contributed by atoms with Crippen molar-refractivity contribution >= 4 is 41.0 Å². The molecule has 1 N–H and O–H groups in total. The highest BCUT2D eigenvalue weighted by molar-refractivity contribution is 6.45. The monoisotopic (exact) mass is 391 g/mol. The van der Waals surface area contributed by atoms with Crippen LogP contribution in [0.5, 0.6) is 0 Å². The van der Waals surface area contributed by atoms with Crippen LogP contribution in [0.15, 0.2) is 18.2 Å². The van der Waals surface area contributed by atoms with E-state index in [0.29, 0.717) is 17.1 Å². The number of halogens is 1. The van der Waals surface area contributed by atoms with Gasteiger partial charge in [0.15, 0.2) is 0 Å². The van der Waals surface area contributed by atoms with Gasteiger partial charge in [-0.15, -0.1) is 0 Å². The zero-order chi connectivity index (χ0) is 19.7. The molecule has 1 aromatic rings. The smallest absolute Gasteiger partial charge is 0.324 e. The molecule has 1 aliphatic heterocycles. The van der Waals surface area contributed by atoms with Crippen LogP contribution in [0.2, 0.25) is 5.02 Å². The number of nitrogens with zero attached hydrogens (tertiary/aromatic N) is 2. The lowest BCUT2D eigenvalue weighted by Gasteiger charge is -2.34. The van der Waals surface area contributed by atoms with Crippen molar-refractivity contribution in [1.29, 1.82) is 0 Å². The number of hydrogen-bond acceptors (Lipinski definition) is 4. The summed E-state index contributed by atoms with van der Waals surface area (Å²) in [5.74, 6) is -2.22. The third-order valence-electron chi connectivity index (χ3n) is 5.24. The van der Waals surface area contributed by atoms with Crippen molar-refractivity contribution in [2.45, 2.75) is 45.6 Å². The van der Waals surface area contributed by atoms with Gasteiger partial charge < -0.3 is 5.32 Å². The molecule has 8 heteroatoms. The maximum atomic E-state index is 12.7. The third-order valence-corrected chi connectivity index (χ3v) is 5.65. The van der Waals surface area contributed by atoms with Crippen molar-refractivity contribution in [3.63, 3.8) is 0 Å². The molecule has 1 heterocycles. The van der Waals surface area contributed by atoms with E-state index < -0.39 is 30.3 Å². The zero-order valence-electron chi connectivity index (χ0n) is 15.3. The van der Waals surface area contributed by atoms with Gasteiger partial charge in [0.1, 0.15) is 6.54 Å². The number of carbonyl (C=O) groups excluding carboxylic acids is 4. The van der Waals surface area contributed by atoms with Crippen molar-refractivity contribution < 1.29 is 19.2 Å². The molecule has 2 fully saturated rings. The minimum atomic E-state index is -0.949. The number of hydrogen-bond donors (Lipinski definition) is 1. The Morgan fingerprint density at radius 2 is 1.89 bits per heavy atom. The summed E-state index contributed by atoms with van der Waals surface area (Å²) in [6.07, 6.45) is 3.56. The van der Waals surface area contributed by atoms with Crippen molar-refractivity contribution in [3.8, 4) is 0 Å². The first-order valence-corrected chi connectivity index (χ1v) is 9.42. The van der Waals surface area contributed by atoms with E-state index in [2.05, 4.69) is 5.32 Å². The molecule has 3 rings (SSSR count). The van der Waals surface area contributed by atoms with Crippen LogP contribution in [0.4, 0.5) is 10.5 Å². The van der Waals surface area contributed by atoms with Crippen molar-refractivity contribution in [2.75, 3.05) is 11.9 Å². The van der Waals surface area contributed by atoms with Gasteiger partial charge in [0.2, 0.25) is 5.91 Å². The number of nitrogens with one attached hydrogen (secondary N) is 1. The first-order valence-electron chi connectivity index (χ1n) is 9.04. The van der Waals surface area contributed by atoms with Gasteiger partial charge in [0, 0.05) is 16.8 Å². The highest BCUT2D eigenvalue weighted by Crippen LogP contribution is 2.31. The number of amides is 5. The molecule has 1 saturated heterocycles. The second kappa shape index (κ2) is 7.68. The van der Waals surface area contributed by atoms with E-state index in [1.807, 2.05) is 13.8 Å². The largest absolute Gasteiger partial charge is 0.334 e. The standard InChI is InChI=1S/C19H22ClN3O4/c1-11-7-8-13(9-14(11)20)21-16(24)10-22-17(25)18(26)23(19(22)27)15-6-4-3-5-12(15)2/h7-9,12,15H,3-6,10H2,1-2H3,(H,21,24)/t12-,15-/m1/s1. The Bertz CT molecular complexity index is 810. The van der Waals surface area contributed by atoms with E-state index >= 15 is 0 Å². The summed E-state index contributed by atoms with van der Waals surface area (Å²) >= 11 is 6.03. The van der Waals surface area contributed by atoms with E-state index in [1.165, 1.54) is 0 Å². The lowest BCUT2D eigenvalue weighted by atomic mass is 9.85. The molecule has 2 atom stereocenters. The van der Waals surface area contributed by atoms with E-state index in [1.54, 1.807) is 18.2 Å². The Balaban J connectivity index is 1.70. The lowest BCUT2D eigenvalue weighted by Crippen LogP contribution is -2.46. The van der Waals surface area contributed by atoms with Crippen LogP contribution >= 0.6 is 11.6 Å². The van der Waals surface area contributed by atoms with Gasteiger partial charge in [-0.25, -0.2) is 9.69 Å². The Morgan fingerprint density at radius 3 is 2.56 bits per heavy atom. The molecule has 2 aliphatic rings. The molecule has 1 saturated carbocycles. The summed E-state index contributed by atoms with van der Waals surface area (Å²) < 4.78 is 0. The Hall–Kier alpha value is -2.41. The summed E-state index contributed by atoms with van der Waals surface area (Å²) in [5, 5.41) is 3.09. The Labute approximate surface area is 162 Å². The number of anilines is 1. The number of aryl methyl sites for hydroxylation is 1. The summed E-state index contributed by atoms with van der Waals surface area (Å²) in [6, 6.07) is 4.02. The van der Waals surface area contributed by atoms with Gasteiger partial charge in [-0.05, 0) is 43.4 Å². The van der Waals surface area contributed by atoms with E-state index in [4.69, 9.17) is 11.6 Å². The van der Waals surface area contributed by atoms with Gasteiger partial charge in [-0.2, -0.15) is 0 Å². The molecule has 0 aromatic heterocycles. The second-order valence-corrected chi connectivity index (χ2v) is 7.60. The average Bonchev–Trinajstić information content (AvgIpc) is 2.82. The molecule has 0 unspecified atom stereocenters. The highest BCUT2D eigenvalue weighted by Gasteiger charge is 2.49. The molecule has 1 aromatic carbocycles. The number of rotatable bonds is 4. The molecular weight excluding hydrogens is 370 g/mol. The molecule has 7 nitrogen and oxygen atoms in total. The number of urea groups is 1. The molecule has 144 valence electrons. The zero-order valence-corrected chi connectivity index (χ0v) is 16.1. The van der Waals surface area contributed by atoms with Gasteiger partial charge in [-0.3, -0.25) is 19.3 Å². The summed E-state index contributed by atoms with van der Waals surface area (Å²) in [7, 11) is 0. The molecule has 5 amide bonds. The summed E-state index contributed by atoms with van der Waals surface area (Å²) in [4.78, 5) is 51.3. The molecule has 0 bridgehead atoms. The second-order valence-electron chi connectivity index (χ2n) is 7.19. The first kappa shape index (κ1) is 19.4. The van der Waals surface area contributed by atoms with Crippen LogP contribution in [0.3, 0.4) is 0 Å². The van der Waals surface area contributed by atoms with Gasteiger partial charge in [0.25, 0.3) is 0 Å². The van der Waals surface area contributed by atoms with E-state index in [-0.39, 0.29) is 12.0 Å². The van der Waals surface area contributed by atoms with Crippen molar-refractivity contribution in [2.24, 2.45) is 5.92 Å². The molecule has 1 aliphatic carbocycles. The fourth-order valence-electron chi connectivity index (χ4n) is 3.65. The summed E-state index contributed by atoms with van der Waals surface area (Å²) in [5.41, 5.74) is 1.32. The van der Waals surface area contributed by atoms with Crippen LogP contribution < -0.4 is 5.32 Å². The fourth-order valence-corrected chi connectivity index (χ4v) is 3.83. The van der Waals surface area contributed by atoms with Crippen LogP contribution in [-0.2, 0) is 14.4 Å². The summed E-state index contributed by atoms with van der Waals surface area (Å²) in [6.45, 7) is 3.31. The highest BCUT2D eigenvalue weighted by atomic mass is 35.5. The predicted molar refractivity (Wildman–Crippen MR) is 100 cm³/mol.